The normalized spacial score (nSPS) is 16.8. The molecule has 0 N–H and O–H groups in total. The van der Waals surface area contributed by atoms with Crippen molar-refractivity contribution >= 4 is 39.4 Å². The van der Waals surface area contributed by atoms with Crippen molar-refractivity contribution in [3.63, 3.8) is 0 Å². The fourth-order valence-electron chi connectivity index (χ4n) is 2.48. The summed E-state index contributed by atoms with van der Waals surface area (Å²) in [4.78, 5) is 21.9. The molecule has 1 aromatic carbocycles. The van der Waals surface area contributed by atoms with Gasteiger partial charge >= 0.3 is 5.97 Å². The van der Waals surface area contributed by atoms with Crippen LogP contribution in [0.15, 0.2) is 46.7 Å². The highest BCUT2D eigenvalue weighted by Crippen LogP contribution is 2.41. The third kappa shape index (κ3) is 4.08. The van der Waals surface area contributed by atoms with Gasteiger partial charge in [-0.15, -0.1) is 0 Å². The number of nitrogens with zero attached hydrogens (tertiary/aromatic N) is 3. The van der Waals surface area contributed by atoms with Gasteiger partial charge in [-0.05, 0) is 38.8 Å². The Morgan fingerprint density at radius 1 is 1.40 bits per heavy atom. The number of carbonyl (C=O) groups is 1. The number of rotatable bonds is 5. The zero-order valence-corrected chi connectivity index (χ0v) is 16.0. The molecule has 0 amide bonds. The van der Waals surface area contributed by atoms with Crippen molar-refractivity contribution in [2.45, 2.75) is 6.92 Å². The second kappa shape index (κ2) is 7.64. The van der Waals surface area contributed by atoms with Crippen LogP contribution in [-0.2, 0) is 9.53 Å². The Hall–Kier alpha value is -1.76. The third-order valence-electron chi connectivity index (χ3n) is 3.91. The molecule has 132 valence electrons. The summed E-state index contributed by atoms with van der Waals surface area (Å²) in [6.07, 6.45) is 1.99. The number of allylic oxidation sites excluding steroid dienone is 1. The van der Waals surface area contributed by atoms with E-state index in [0.717, 1.165) is 15.6 Å². The molecule has 3 rings (SSSR count). The maximum atomic E-state index is 12.3. The lowest BCUT2D eigenvalue weighted by Crippen LogP contribution is -2.31. The molecule has 0 bridgehead atoms. The van der Waals surface area contributed by atoms with Gasteiger partial charge in [0.25, 0.3) is 0 Å². The molecule has 0 saturated heterocycles. The number of halogens is 1. The van der Waals surface area contributed by atoms with Crippen molar-refractivity contribution in [3.8, 4) is 0 Å². The zero-order valence-electron chi connectivity index (χ0n) is 14.5. The summed E-state index contributed by atoms with van der Waals surface area (Å²) in [6, 6.07) is 7.72. The van der Waals surface area contributed by atoms with Gasteiger partial charge in [0.1, 0.15) is 6.61 Å². The Kier molecular flexibility index (Phi) is 5.51. The number of benzene rings is 1. The Morgan fingerprint density at radius 2 is 2.16 bits per heavy atom. The highest BCUT2D eigenvalue weighted by atomic mass is 35.5. The van der Waals surface area contributed by atoms with Crippen LogP contribution in [0.5, 0.6) is 0 Å². The number of fused-ring (bicyclic) bond motifs is 1. The average molecular weight is 378 g/mol. The van der Waals surface area contributed by atoms with Gasteiger partial charge in [0.05, 0.1) is 17.8 Å². The Labute approximate surface area is 157 Å². The van der Waals surface area contributed by atoms with Gasteiger partial charge < -0.3 is 14.5 Å². The van der Waals surface area contributed by atoms with Gasteiger partial charge in [-0.1, -0.05) is 29.8 Å². The highest BCUT2D eigenvalue weighted by Gasteiger charge is 2.30. The lowest BCUT2D eigenvalue weighted by atomic mass is 10.2. The predicted molar refractivity (Wildman–Crippen MR) is 103 cm³/mol. The number of aliphatic imine (C=N–C) groups is 1. The van der Waals surface area contributed by atoms with E-state index in [0.29, 0.717) is 36.0 Å². The van der Waals surface area contributed by atoms with E-state index in [-0.39, 0.29) is 5.97 Å². The number of amidine groups is 1. The quantitative estimate of drug-likeness (QED) is 0.735. The number of ether oxygens (including phenoxy) is 1. The van der Waals surface area contributed by atoms with Gasteiger partial charge in [0, 0.05) is 28.2 Å². The van der Waals surface area contributed by atoms with Crippen LogP contribution < -0.4 is 0 Å². The first-order valence-corrected chi connectivity index (χ1v) is 9.16. The molecule has 0 unspecified atom stereocenters. The van der Waals surface area contributed by atoms with E-state index in [9.17, 15) is 4.79 Å². The first-order valence-electron chi connectivity index (χ1n) is 7.97. The van der Waals surface area contributed by atoms with Gasteiger partial charge in [-0.25, -0.2) is 9.79 Å². The molecule has 0 atom stereocenters. The summed E-state index contributed by atoms with van der Waals surface area (Å²) < 4.78 is 5.36. The molecule has 0 aromatic heterocycles. The molecule has 0 spiro atoms. The van der Waals surface area contributed by atoms with Gasteiger partial charge in [0.2, 0.25) is 0 Å². The van der Waals surface area contributed by atoms with Crippen LogP contribution in [0.2, 0.25) is 5.02 Å². The Morgan fingerprint density at radius 3 is 2.88 bits per heavy atom. The number of hydrogen-bond acceptors (Lipinski definition) is 6. The molecule has 0 fully saturated rings. The first-order chi connectivity index (χ1) is 12.0. The lowest BCUT2D eigenvalue weighted by Gasteiger charge is -2.23. The summed E-state index contributed by atoms with van der Waals surface area (Å²) in [5.74, 6) is -0.299. The second-order valence-corrected chi connectivity index (χ2v) is 7.52. The van der Waals surface area contributed by atoms with Gasteiger partial charge in [0.15, 0.2) is 5.17 Å². The maximum absolute atomic E-state index is 12.3. The van der Waals surface area contributed by atoms with Crippen molar-refractivity contribution in [1.82, 2.24) is 9.80 Å². The SMILES string of the molecule is CC1=C(C(=O)OCCN(C)C)CN2C=C(c3ccccc3Cl)SC2=N1. The second-order valence-electron chi connectivity index (χ2n) is 6.10. The molecular formula is C18H20ClN3O2S. The predicted octanol–water partition coefficient (Wildman–Crippen LogP) is 3.44. The van der Waals surface area contributed by atoms with Crippen molar-refractivity contribution in [1.29, 1.82) is 0 Å². The molecule has 2 heterocycles. The fraction of sp³-hybridized carbons (Fsp3) is 0.333. The zero-order chi connectivity index (χ0) is 18.0. The number of esters is 1. The minimum Gasteiger partial charge on any atom is -0.461 e. The topological polar surface area (TPSA) is 45.1 Å². The van der Waals surface area contributed by atoms with Crippen molar-refractivity contribution in [3.05, 3.63) is 52.3 Å². The Balaban J connectivity index is 1.73. The van der Waals surface area contributed by atoms with Gasteiger partial charge in [-0.3, -0.25) is 0 Å². The summed E-state index contributed by atoms with van der Waals surface area (Å²) in [5.41, 5.74) is 2.28. The van der Waals surface area contributed by atoms with Crippen molar-refractivity contribution < 1.29 is 9.53 Å². The van der Waals surface area contributed by atoms with E-state index in [1.54, 1.807) is 11.8 Å². The van der Waals surface area contributed by atoms with Gasteiger partial charge in [-0.2, -0.15) is 0 Å². The summed E-state index contributed by atoms with van der Waals surface area (Å²) in [6.45, 7) is 3.38. The molecule has 0 radical (unpaired) electrons. The lowest BCUT2D eigenvalue weighted by molar-refractivity contribution is -0.139. The third-order valence-corrected chi connectivity index (χ3v) is 5.29. The molecular weight excluding hydrogens is 358 g/mol. The van der Waals surface area contributed by atoms with Crippen LogP contribution in [0.25, 0.3) is 4.91 Å². The monoisotopic (exact) mass is 377 g/mol. The van der Waals surface area contributed by atoms with Crippen LogP contribution in [0.4, 0.5) is 0 Å². The average Bonchev–Trinajstić information content (AvgIpc) is 2.96. The number of thioether (sulfide) groups is 1. The van der Waals surface area contributed by atoms with Crippen LogP contribution in [0.1, 0.15) is 12.5 Å². The van der Waals surface area contributed by atoms with Crippen LogP contribution in [0, 0.1) is 0 Å². The maximum Gasteiger partial charge on any atom is 0.337 e. The van der Waals surface area contributed by atoms with E-state index >= 15 is 0 Å². The summed E-state index contributed by atoms with van der Waals surface area (Å²) >= 11 is 7.85. The standard InChI is InChI=1S/C18H20ClN3O2S/c1-12-14(17(23)24-9-8-21(2)3)10-22-11-16(25-18(22)20-12)13-6-4-5-7-15(13)19/h4-7,11H,8-10H2,1-3H3. The number of hydrogen-bond donors (Lipinski definition) is 0. The minimum absolute atomic E-state index is 0.299. The smallest absolute Gasteiger partial charge is 0.337 e. The minimum atomic E-state index is -0.299. The summed E-state index contributed by atoms with van der Waals surface area (Å²) in [7, 11) is 3.88. The number of carbonyl (C=O) groups excluding carboxylic acids is 1. The van der Waals surface area contributed by atoms with Crippen LogP contribution in [0.3, 0.4) is 0 Å². The van der Waals surface area contributed by atoms with E-state index in [1.807, 2.05) is 61.3 Å². The van der Waals surface area contributed by atoms with Crippen LogP contribution in [-0.4, -0.2) is 54.7 Å². The van der Waals surface area contributed by atoms with Crippen LogP contribution >= 0.6 is 23.4 Å². The Bertz CT molecular complexity index is 786. The molecule has 5 nitrogen and oxygen atoms in total. The fourth-order valence-corrected chi connectivity index (χ4v) is 3.86. The van der Waals surface area contributed by atoms with Crippen molar-refractivity contribution in [2.75, 3.05) is 33.8 Å². The van der Waals surface area contributed by atoms with E-state index in [1.165, 1.54) is 0 Å². The molecule has 7 heteroatoms. The largest absolute Gasteiger partial charge is 0.461 e. The molecule has 0 aliphatic carbocycles. The molecule has 1 aromatic rings. The van der Waals surface area contributed by atoms with E-state index in [4.69, 9.17) is 16.3 Å². The molecule has 25 heavy (non-hydrogen) atoms. The number of likely N-dealkylation sites (N-methyl/N-ethyl adjacent to an activating group) is 1. The summed E-state index contributed by atoms with van der Waals surface area (Å²) in [5, 5.41) is 1.56. The molecule has 2 aliphatic rings. The van der Waals surface area contributed by atoms with E-state index < -0.39 is 0 Å². The van der Waals surface area contributed by atoms with E-state index in [2.05, 4.69) is 4.99 Å². The first kappa shape index (κ1) is 18.0. The molecule has 0 saturated carbocycles. The van der Waals surface area contributed by atoms with Crippen molar-refractivity contribution in [2.24, 2.45) is 4.99 Å². The highest BCUT2D eigenvalue weighted by molar-refractivity contribution is 8.22. The molecule has 2 aliphatic heterocycles.